The summed E-state index contributed by atoms with van der Waals surface area (Å²) in [5.41, 5.74) is 0. The van der Waals surface area contributed by atoms with Gasteiger partial charge in [-0.3, -0.25) is 0 Å². The number of hydrogen-bond donors (Lipinski definition) is 1. The van der Waals surface area contributed by atoms with Crippen molar-refractivity contribution in [3.05, 3.63) is 37.6 Å². The van der Waals surface area contributed by atoms with Gasteiger partial charge in [0.1, 0.15) is 0 Å². The van der Waals surface area contributed by atoms with Crippen LogP contribution in [0.25, 0.3) is 0 Å². The molecule has 0 aromatic heterocycles. The summed E-state index contributed by atoms with van der Waals surface area (Å²) in [5.74, 6) is 0. The molecule has 0 aromatic rings. The summed E-state index contributed by atoms with van der Waals surface area (Å²) in [4.78, 5) is 0. The van der Waals surface area contributed by atoms with Gasteiger partial charge in [-0.15, -0.1) is 0 Å². The Kier molecular flexibility index (Phi) is 4.54. The molecule has 0 heterocycles. The quantitative estimate of drug-likeness (QED) is 0.265. The molecular weight excluding hydrogens is 116 g/mol. The molecule has 0 saturated carbocycles. The number of aliphatic hydroxyl groups is 1. The Labute approximate surface area is 54.8 Å². The average Bonchev–Trinajstić information content (AvgIpc) is 1.89. The van der Waals surface area contributed by atoms with Gasteiger partial charge in [-0.05, 0) is 12.2 Å². The third-order valence-electron chi connectivity index (χ3n) is 0.634. The molecule has 0 fully saturated rings. The minimum atomic E-state index is -0.916. The van der Waals surface area contributed by atoms with Gasteiger partial charge in [0.05, 0.1) is 6.26 Å². The van der Waals surface area contributed by atoms with Gasteiger partial charge in [-0.25, -0.2) is 0 Å². The van der Waals surface area contributed by atoms with Crippen LogP contribution < -0.4 is 0 Å². The van der Waals surface area contributed by atoms with Crippen LogP contribution in [0.15, 0.2) is 37.6 Å². The second-order valence-corrected chi connectivity index (χ2v) is 1.33. The largest absolute Gasteiger partial charge is 0.469 e. The van der Waals surface area contributed by atoms with Crippen molar-refractivity contribution in [2.45, 2.75) is 6.29 Å². The molecule has 0 amide bonds. The second kappa shape index (κ2) is 5.12. The van der Waals surface area contributed by atoms with E-state index < -0.39 is 6.29 Å². The van der Waals surface area contributed by atoms with Gasteiger partial charge in [0.2, 0.25) is 6.29 Å². The zero-order chi connectivity index (χ0) is 7.11. The first-order valence-corrected chi connectivity index (χ1v) is 2.55. The SMILES string of the molecule is C=CC=COC(O)C=C. The van der Waals surface area contributed by atoms with Crippen molar-refractivity contribution in [2.75, 3.05) is 0 Å². The average molecular weight is 126 g/mol. The van der Waals surface area contributed by atoms with Gasteiger partial charge >= 0.3 is 0 Å². The lowest BCUT2D eigenvalue weighted by Crippen LogP contribution is -2.01. The zero-order valence-electron chi connectivity index (χ0n) is 5.16. The van der Waals surface area contributed by atoms with E-state index in [1.165, 1.54) is 12.3 Å². The van der Waals surface area contributed by atoms with Crippen molar-refractivity contribution in [1.82, 2.24) is 0 Å². The van der Waals surface area contributed by atoms with Gasteiger partial charge in [-0.2, -0.15) is 0 Å². The lowest BCUT2D eigenvalue weighted by molar-refractivity contribution is -0.0107. The van der Waals surface area contributed by atoms with Crippen molar-refractivity contribution in [1.29, 1.82) is 0 Å². The Hall–Kier alpha value is -1.02. The van der Waals surface area contributed by atoms with Crippen LogP contribution in [0.2, 0.25) is 0 Å². The highest BCUT2D eigenvalue weighted by Gasteiger charge is 1.88. The number of allylic oxidation sites excluding steroid dienone is 2. The van der Waals surface area contributed by atoms with Crippen LogP contribution in [0.5, 0.6) is 0 Å². The van der Waals surface area contributed by atoms with Crippen LogP contribution in [0, 0.1) is 0 Å². The minimum Gasteiger partial charge on any atom is -0.469 e. The van der Waals surface area contributed by atoms with Gasteiger partial charge in [-0.1, -0.05) is 19.2 Å². The van der Waals surface area contributed by atoms with Crippen molar-refractivity contribution in [3.63, 3.8) is 0 Å². The van der Waals surface area contributed by atoms with E-state index in [0.717, 1.165) is 0 Å². The van der Waals surface area contributed by atoms with E-state index in [1.807, 2.05) is 0 Å². The molecule has 0 radical (unpaired) electrons. The molecular formula is C7H10O2. The van der Waals surface area contributed by atoms with Crippen molar-refractivity contribution < 1.29 is 9.84 Å². The molecule has 0 aliphatic rings. The van der Waals surface area contributed by atoms with Crippen molar-refractivity contribution in [2.24, 2.45) is 0 Å². The smallest absolute Gasteiger partial charge is 0.216 e. The summed E-state index contributed by atoms with van der Waals surface area (Å²) in [7, 11) is 0. The summed E-state index contributed by atoms with van der Waals surface area (Å²) in [6.45, 7) is 6.71. The summed E-state index contributed by atoms with van der Waals surface area (Å²) >= 11 is 0. The van der Waals surface area contributed by atoms with Gasteiger partial charge in [0.25, 0.3) is 0 Å². The predicted octanol–water partition coefficient (Wildman–Crippen LogP) is 1.21. The first-order valence-electron chi connectivity index (χ1n) is 2.55. The number of ether oxygens (including phenoxy) is 1. The highest BCUT2D eigenvalue weighted by molar-refractivity contribution is 4.93. The molecule has 1 N–H and O–H groups in total. The summed E-state index contributed by atoms with van der Waals surface area (Å²) in [5, 5.41) is 8.66. The van der Waals surface area contributed by atoms with Crippen LogP contribution in [-0.4, -0.2) is 11.4 Å². The van der Waals surface area contributed by atoms with E-state index in [0.29, 0.717) is 0 Å². The van der Waals surface area contributed by atoms with E-state index in [9.17, 15) is 0 Å². The van der Waals surface area contributed by atoms with E-state index in [1.54, 1.807) is 12.2 Å². The molecule has 1 unspecified atom stereocenters. The maximum absolute atomic E-state index is 8.66. The van der Waals surface area contributed by atoms with Gasteiger partial charge < -0.3 is 9.84 Å². The van der Waals surface area contributed by atoms with Crippen LogP contribution in [0.1, 0.15) is 0 Å². The summed E-state index contributed by atoms with van der Waals surface area (Å²) < 4.78 is 4.62. The lowest BCUT2D eigenvalue weighted by Gasteiger charge is -2.01. The first kappa shape index (κ1) is 7.98. The first-order chi connectivity index (χ1) is 4.31. The van der Waals surface area contributed by atoms with Crippen LogP contribution in [0.3, 0.4) is 0 Å². The standard InChI is InChI=1S/C7H10O2/c1-3-5-6-9-7(8)4-2/h3-8H,1-2H2. The summed E-state index contributed by atoms with van der Waals surface area (Å²) in [6, 6.07) is 0. The van der Waals surface area contributed by atoms with Crippen LogP contribution >= 0.6 is 0 Å². The van der Waals surface area contributed by atoms with Crippen molar-refractivity contribution in [3.8, 4) is 0 Å². The molecule has 9 heavy (non-hydrogen) atoms. The van der Waals surface area contributed by atoms with E-state index >= 15 is 0 Å². The molecule has 50 valence electrons. The maximum Gasteiger partial charge on any atom is 0.216 e. The molecule has 0 rings (SSSR count). The predicted molar refractivity (Wildman–Crippen MR) is 36.6 cm³/mol. The zero-order valence-corrected chi connectivity index (χ0v) is 5.16. The Balaban J connectivity index is 3.36. The molecule has 2 nitrogen and oxygen atoms in total. The highest BCUT2D eigenvalue weighted by atomic mass is 16.6. The van der Waals surface area contributed by atoms with E-state index in [4.69, 9.17) is 5.11 Å². The topological polar surface area (TPSA) is 29.5 Å². The number of aliphatic hydroxyl groups excluding tert-OH is 1. The van der Waals surface area contributed by atoms with Crippen molar-refractivity contribution >= 4 is 0 Å². The molecule has 2 heteroatoms. The molecule has 0 aliphatic carbocycles. The normalized spacial score (nSPS) is 13.0. The Bertz CT molecular complexity index is 116. The van der Waals surface area contributed by atoms with Crippen LogP contribution in [-0.2, 0) is 4.74 Å². The van der Waals surface area contributed by atoms with Gasteiger partial charge in [0, 0.05) is 0 Å². The number of rotatable bonds is 4. The Morgan fingerprint density at radius 2 is 2.11 bits per heavy atom. The maximum atomic E-state index is 8.66. The van der Waals surface area contributed by atoms with Gasteiger partial charge in [0.15, 0.2) is 0 Å². The van der Waals surface area contributed by atoms with Crippen LogP contribution in [0.4, 0.5) is 0 Å². The number of hydrogen-bond acceptors (Lipinski definition) is 2. The fraction of sp³-hybridized carbons (Fsp3) is 0.143. The molecule has 0 spiro atoms. The Morgan fingerprint density at radius 3 is 2.56 bits per heavy atom. The fourth-order valence-electron chi connectivity index (χ4n) is 0.237. The lowest BCUT2D eigenvalue weighted by atomic mass is 10.6. The fourth-order valence-corrected chi connectivity index (χ4v) is 0.237. The molecule has 0 saturated heterocycles. The summed E-state index contributed by atoms with van der Waals surface area (Å²) in [6.07, 6.45) is 4.84. The van der Waals surface area contributed by atoms with E-state index in [2.05, 4.69) is 17.9 Å². The monoisotopic (exact) mass is 126 g/mol. The molecule has 0 aliphatic heterocycles. The molecule has 1 atom stereocenters. The third kappa shape index (κ3) is 4.84. The molecule has 0 aromatic carbocycles. The second-order valence-electron chi connectivity index (χ2n) is 1.33. The highest BCUT2D eigenvalue weighted by Crippen LogP contribution is 1.87. The minimum absolute atomic E-state index is 0.916. The molecule has 0 bridgehead atoms. The Morgan fingerprint density at radius 1 is 1.44 bits per heavy atom. The third-order valence-corrected chi connectivity index (χ3v) is 0.634. The van der Waals surface area contributed by atoms with E-state index in [-0.39, 0.29) is 0 Å².